The highest BCUT2D eigenvalue weighted by Gasteiger charge is 2.22. The average Bonchev–Trinajstić information content (AvgIpc) is 2.83. The number of anilines is 1. The summed E-state index contributed by atoms with van der Waals surface area (Å²) in [6.07, 6.45) is 1.33. The Hall–Kier alpha value is -3.32. The normalized spacial score (nSPS) is 9.71. The average molecular weight is 284 g/mol. The Morgan fingerprint density at radius 1 is 1.33 bits per heavy atom. The number of hydrogen-bond donors (Lipinski definition) is 1. The second-order valence-electron chi connectivity index (χ2n) is 4.05. The number of rotatable bonds is 2. The van der Waals surface area contributed by atoms with E-state index in [0.717, 1.165) is 6.07 Å². The first-order valence-electron chi connectivity index (χ1n) is 5.72. The molecule has 2 N–H and O–H groups in total. The highest BCUT2D eigenvalue weighted by molar-refractivity contribution is 5.95. The van der Waals surface area contributed by atoms with E-state index in [9.17, 15) is 9.18 Å². The summed E-state index contributed by atoms with van der Waals surface area (Å²) >= 11 is 0. The summed E-state index contributed by atoms with van der Waals surface area (Å²) in [6, 6.07) is 7.27. The van der Waals surface area contributed by atoms with Gasteiger partial charge in [0, 0.05) is 11.9 Å². The lowest BCUT2D eigenvalue weighted by atomic mass is 10.2. The zero-order valence-corrected chi connectivity index (χ0v) is 10.9. The second-order valence-corrected chi connectivity index (χ2v) is 4.05. The van der Waals surface area contributed by atoms with Crippen LogP contribution >= 0.6 is 0 Å². The maximum atomic E-state index is 13.4. The number of halogens is 1. The Labute approximate surface area is 119 Å². The quantitative estimate of drug-likeness (QED) is 0.845. The molecule has 0 amide bonds. The van der Waals surface area contributed by atoms with E-state index in [1.807, 2.05) is 6.07 Å². The van der Waals surface area contributed by atoms with Gasteiger partial charge < -0.3 is 15.0 Å². The van der Waals surface area contributed by atoms with Crippen molar-refractivity contribution in [1.82, 2.24) is 4.57 Å². The van der Waals surface area contributed by atoms with Gasteiger partial charge in [-0.25, -0.2) is 9.18 Å². The first-order chi connectivity index (χ1) is 10.0. The number of methoxy groups -OCH3 is 1. The fraction of sp³-hybridized carbons (Fsp3) is 0.0714. The predicted octanol–water partition coefficient (Wildman–Crippen LogP) is 1.73. The molecule has 0 aliphatic heterocycles. The monoisotopic (exact) mass is 284 g/mol. The van der Waals surface area contributed by atoms with Crippen molar-refractivity contribution in [2.24, 2.45) is 0 Å². The van der Waals surface area contributed by atoms with Gasteiger partial charge in [0.15, 0.2) is 5.69 Å². The number of nitrogens with zero attached hydrogens (tertiary/aromatic N) is 3. The first-order valence-corrected chi connectivity index (χ1v) is 5.72. The minimum atomic E-state index is -0.739. The van der Waals surface area contributed by atoms with Crippen molar-refractivity contribution in [3.05, 3.63) is 47.0 Å². The third kappa shape index (κ3) is 2.28. The van der Waals surface area contributed by atoms with Crippen LogP contribution in [0.5, 0.6) is 0 Å². The molecule has 6 nitrogen and oxygen atoms in total. The van der Waals surface area contributed by atoms with E-state index in [0.29, 0.717) is 5.69 Å². The van der Waals surface area contributed by atoms with Gasteiger partial charge in [-0.15, -0.1) is 0 Å². The van der Waals surface area contributed by atoms with Gasteiger partial charge in [0.05, 0.1) is 23.9 Å². The van der Waals surface area contributed by atoms with Crippen LogP contribution in [0.1, 0.15) is 21.6 Å². The van der Waals surface area contributed by atoms with E-state index in [1.165, 1.54) is 30.0 Å². The number of esters is 1. The lowest BCUT2D eigenvalue weighted by molar-refractivity contribution is 0.0593. The minimum Gasteiger partial charge on any atom is -0.464 e. The van der Waals surface area contributed by atoms with Crippen LogP contribution < -0.4 is 5.73 Å². The highest BCUT2D eigenvalue weighted by Crippen LogP contribution is 2.25. The molecule has 0 saturated heterocycles. The van der Waals surface area contributed by atoms with Crippen LogP contribution in [0.3, 0.4) is 0 Å². The fourth-order valence-electron chi connectivity index (χ4n) is 1.87. The summed E-state index contributed by atoms with van der Waals surface area (Å²) in [7, 11) is 1.18. The molecule has 1 heterocycles. The largest absolute Gasteiger partial charge is 0.464 e. The third-order valence-electron chi connectivity index (χ3n) is 2.89. The molecule has 0 atom stereocenters. The molecule has 0 bridgehead atoms. The Morgan fingerprint density at radius 2 is 2.00 bits per heavy atom. The topological polar surface area (TPSA) is 105 Å². The van der Waals surface area contributed by atoms with Gasteiger partial charge in [0.25, 0.3) is 0 Å². The Balaban J connectivity index is 2.73. The van der Waals surface area contributed by atoms with Crippen LogP contribution in [0.15, 0.2) is 24.4 Å². The van der Waals surface area contributed by atoms with Gasteiger partial charge in [0.2, 0.25) is 0 Å². The molecule has 0 radical (unpaired) electrons. The second kappa shape index (κ2) is 5.35. The van der Waals surface area contributed by atoms with Gasteiger partial charge in [-0.05, 0) is 18.2 Å². The van der Waals surface area contributed by atoms with E-state index >= 15 is 0 Å². The predicted molar refractivity (Wildman–Crippen MR) is 70.9 cm³/mol. The highest BCUT2D eigenvalue weighted by atomic mass is 19.1. The van der Waals surface area contributed by atoms with E-state index in [2.05, 4.69) is 4.74 Å². The molecule has 0 aliphatic rings. The van der Waals surface area contributed by atoms with Crippen LogP contribution in [0, 0.1) is 28.5 Å². The summed E-state index contributed by atoms with van der Waals surface area (Å²) in [5.74, 6) is -1.42. The molecule has 21 heavy (non-hydrogen) atoms. The van der Waals surface area contributed by atoms with Gasteiger partial charge in [0.1, 0.15) is 18.0 Å². The summed E-state index contributed by atoms with van der Waals surface area (Å²) < 4.78 is 19.3. The van der Waals surface area contributed by atoms with Crippen molar-refractivity contribution in [3.8, 4) is 17.8 Å². The number of aromatic nitrogens is 1. The molecule has 2 aromatic rings. The van der Waals surface area contributed by atoms with Crippen LogP contribution in [-0.4, -0.2) is 17.6 Å². The molecule has 0 spiro atoms. The Kier molecular flexibility index (Phi) is 3.59. The maximum absolute atomic E-state index is 13.4. The number of hydrogen-bond acceptors (Lipinski definition) is 5. The Bertz CT molecular complexity index is 812. The molecule has 0 aliphatic carbocycles. The molecule has 1 aromatic heterocycles. The van der Waals surface area contributed by atoms with Gasteiger partial charge in [-0.1, -0.05) is 0 Å². The molecule has 0 saturated carbocycles. The van der Waals surface area contributed by atoms with Gasteiger partial charge in [-0.3, -0.25) is 0 Å². The van der Waals surface area contributed by atoms with Crippen molar-refractivity contribution in [2.45, 2.75) is 0 Å². The molecule has 104 valence electrons. The van der Waals surface area contributed by atoms with Crippen LogP contribution in [0.4, 0.5) is 10.1 Å². The van der Waals surface area contributed by atoms with Crippen LogP contribution in [0.2, 0.25) is 0 Å². The number of ether oxygens (including phenoxy) is 1. The Morgan fingerprint density at radius 3 is 2.57 bits per heavy atom. The summed E-state index contributed by atoms with van der Waals surface area (Å²) in [6.45, 7) is 0. The zero-order valence-electron chi connectivity index (χ0n) is 10.9. The summed E-state index contributed by atoms with van der Waals surface area (Å²) in [4.78, 5) is 11.8. The van der Waals surface area contributed by atoms with E-state index in [1.54, 1.807) is 6.07 Å². The number of nitriles is 2. The van der Waals surface area contributed by atoms with Crippen LogP contribution in [-0.2, 0) is 4.74 Å². The number of benzene rings is 1. The van der Waals surface area contributed by atoms with Crippen LogP contribution in [0.25, 0.3) is 5.69 Å². The standard InChI is InChI=1S/C14H9FN4O2/c1-21-14(20)13-12(18)9(6-17)7-19(13)10-2-3-11(15)8(4-10)5-16/h2-4,7H,18H2,1H3. The number of nitrogens with two attached hydrogens (primary N) is 1. The van der Waals surface area contributed by atoms with Gasteiger partial charge in [-0.2, -0.15) is 10.5 Å². The lowest BCUT2D eigenvalue weighted by Crippen LogP contribution is -2.11. The zero-order chi connectivity index (χ0) is 15.6. The minimum absolute atomic E-state index is 0.0350. The summed E-state index contributed by atoms with van der Waals surface area (Å²) in [5.41, 5.74) is 5.88. The molecule has 2 rings (SSSR count). The smallest absolute Gasteiger partial charge is 0.357 e. The molecule has 0 unspecified atom stereocenters. The van der Waals surface area contributed by atoms with Crippen molar-refractivity contribution in [2.75, 3.05) is 12.8 Å². The van der Waals surface area contributed by atoms with Gasteiger partial charge >= 0.3 is 5.97 Å². The number of carbonyl (C=O) groups excluding carboxylic acids is 1. The molecular weight excluding hydrogens is 275 g/mol. The lowest BCUT2D eigenvalue weighted by Gasteiger charge is -2.08. The molecule has 7 heteroatoms. The van der Waals surface area contributed by atoms with Crippen molar-refractivity contribution < 1.29 is 13.9 Å². The SMILES string of the molecule is COC(=O)c1c(N)c(C#N)cn1-c1ccc(F)c(C#N)c1. The molecule has 1 aromatic carbocycles. The molecule has 0 fully saturated rings. The number of carbonyl (C=O) groups is 1. The number of nitrogen functional groups attached to an aromatic ring is 1. The third-order valence-corrected chi connectivity index (χ3v) is 2.89. The van der Waals surface area contributed by atoms with Crippen molar-refractivity contribution in [3.63, 3.8) is 0 Å². The van der Waals surface area contributed by atoms with E-state index < -0.39 is 11.8 Å². The fourth-order valence-corrected chi connectivity index (χ4v) is 1.87. The maximum Gasteiger partial charge on any atom is 0.357 e. The van der Waals surface area contributed by atoms with Crippen molar-refractivity contribution in [1.29, 1.82) is 10.5 Å². The van der Waals surface area contributed by atoms with Crippen molar-refractivity contribution >= 4 is 11.7 Å². The van der Waals surface area contributed by atoms with E-state index in [-0.39, 0.29) is 22.5 Å². The van der Waals surface area contributed by atoms with E-state index in [4.69, 9.17) is 16.3 Å². The summed E-state index contributed by atoms with van der Waals surface area (Å²) in [5, 5.41) is 17.8. The molecular formula is C14H9FN4O2. The first kappa shape index (κ1) is 14.1.